The third-order valence-electron chi connectivity index (χ3n) is 3.18. The second kappa shape index (κ2) is 5.75. The molecule has 0 radical (unpaired) electrons. The van der Waals surface area contributed by atoms with Crippen molar-refractivity contribution >= 4 is 22.8 Å². The first-order valence-electron chi connectivity index (χ1n) is 6.33. The largest absolute Gasteiger partial charge is 0.480 e. The van der Waals surface area contributed by atoms with E-state index in [1.54, 1.807) is 0 Å². The second-order valence-electron chi connectivity index (χ2n) is 4.74. The number of amides is 1. The van der Waals surface area contributed by atoms with Crippen LogP contribution in [0, 0.1) is 0 Å². The van der Waals surface area contributed by atoms with E-state index in [1.165, 1.54) is 6.92 Å². The van der Waals surface area contributed by atoms with Crippen molar-refractivity contribution < 1.29 is 14.7 Å². The van der Waals surface area contributed by atoms with Crippen molar-refractivity contribution in [1.82, 2.24) is 10.3 Å². The molecule has 5 N–H and O–H groups in total. The maximum Gasteiger partial charge on any atom is 0.325 e. The van der Waals surface area contributed by atoms with Gasteiger partial charge in [0.05, 0.1) is 6.04 Å². The van der Waals surface area contributed by atoms with Crippen molar-refractivity contribution in [2.45, 2.75) is 25.4 Å². The number of hydrogen-bond donors (Lipinski definition) is 4. The Morgan fingerprint density at radius 2 is 2.10 bits per heavy atom. The lowest BCUT2D eigenvalue weighted by Gasteiger charge is -2.14. The molecule has 0 aliphatic heterocycles. The van der Waals surface area contributed by atoms with Gasteiger partial charge in [-0.05, 0) is 25.0 Å². The van der Waals surface area contributed by atoms with Crippen LogP contribution in [0.25, 0.3) is 10.9 Å². The quantitative estimate of drug-likeness (QED) is 0.641. The number of carboxylic acids is 1. The van der Waals surface area contributed by atoms with E-state index >= 15 is 0 Å². The van der Waals surface area contributed by atoms with Gasteiger partial charge in [0.15, 0.2) is 0 Å². The van der Waals surface area contributed by atoms with Crippen LogP contribution >= 0.6 is 0 Å². The highest BCUT2D eigenvalue weighted by molar-refractivity contribution is 5.88. The van der Waals surface area contributed by atoms with E-state index in [1.807, 2.05) is 30.5 Å². The van der Waals surface area contributed by atoms with Crippen molar-refractivity contribution in [3.63, 3.8) is 0 Å². The maximum absolute atomic E-state index is 11.8. The molecule has 0 saturated heterocycles. The SMILES string of the molecule is C[C@H](NC(=O)C(N)Cc1c[nH]c2ccccc12)C(=O)O. The van der Waals surface area contributed by atoms with Crippen LogP contribution in [0.2, 0.25) is 0 Å². The molecule has 1 amide bonds. The molecule has 0 aliphatic rings. The molecule has 2 atom stereocenters. The molecule has 2 aromatic rings. The minimum atomic E-state index is -1.09. The summed E-state index contributed by atoms with van der Waals surface area (Å²) in [5.41, 5.74) is 7.75. The molecule has 1 aromatic heterocycles. The lowest BCUT2D eigenvalue weighted by molar-refractivity contribution is -0.141. The van der Waals surface area contributed by atoms with Crippen LogP contribution in [-0.2, 0) is 16.0 Å². The molecule has 0 fully saturated rings. The van der Waals surface area contributed by atoms with E-state index in [2.05, 4.69) is 10.3 Å². The van der Waals surface area contributed by atoms with Crippen LogP contribution in [0.1, 0.15) is 12.5 Å². The molecule has 1 aromatic carbocycles. The number of hydrogen-bond acceptors (Lipinski definition) is 3. The molecule has 20 heavy (non-hydrogen) atoms. The van der Waals surface area contributed by atoms with Crippen LogP contribution in [0.15, 0.2) is 30.5 Å². The number of para-hydroxylation sites is 1. The first-order valence-corrected chi connectivity index (χ1v) is 6.33. The summed E-state index contributed by atoms with van der Waals surface area (Å²) in [5.74, 6) is -1.55. The summed E-state index contributed by atoms with van der Waals surface area (Å²) in [6.45, 7) is 1.40. The number of fused-ring (bicyclic) bond motifs is 1. The van der Waals surface area contributed by atoms with Crippen molar-refractivity contribution in [2.75, 3.05) is 0 Å². The topological polar surface area (TPSA) is 108 Å². The average molecular weight is 275 g/mol. The van der Waals surface area contributed by atoms with Crippen LogP contribution in [0.4, 0.5) is 0 Å². The number of rotatable bonds is 5. The number of aromatic nitrogens is 1. The first kappa shape index (κ1) is 14.1. The van der Waals surface area contributed by atoms with Gasteiger partial charge in [-0.1, -0.05) is 18.2 Å². The van der Waals surface area contributed by atoms with Crippen molar-refractivity contribution in [3.8, 4) is 0 Å². The Morgan fingerprint density at radius 3 is 2.80 bits per heavy atom. The van der Waals surface area contributed by atoms with E-state index in [0.717, 1.165) is 16.5 Å². The van der Waals surface area contributed by atoms with Gasteiger partial charge in [-0.3, -0.25) is 9.59 Å². The number of H-pyrrole nitrogens is 1. The first-order chi connectivity index (χ1) is 9.49. The fraction of sp³-hybridized carbons (Fsp3) is 0.286. The van der Waals surface area contributed by atoms with Crippen LogP contribution in [-0.4, -0.2) is 34.1 Å². The zero-order valence-electron chi connectivity index (χ0n) is 11.1. The zero-order valence-corrected chi connectivity index (χ0v) is 11.1. The average Bonchev–Trinajstić information content (AvgIpc) is 2.82. The highest BCUT2D eigenvalue weighted by Crippen LogP contribution is 2.18. The summed E-state index contributed by atoms with van der Waals surface area (Å²) in [6, 6.07) is 6.00. The van der Waals surface area contributed by atoms with Gasteiger partial charge in [-0.15, -0.1) is 0 Å². The van der Waals surface area contributed by atoms with E-state index in [4.69, 9.17) is 10.8 Å². The van der Waals surface area contributed by atoms with Crippen LogP contribution < -0.4 is 11.1 Å². The molecule has 6 heteroatoms. The summed E-state index contributed by atoms with van der Waals surface area (Å²) < 4.78 is 0. The highest BCUT2D eigenvalue weighted by atomic mass is 16.4. The minimum Gasteiger partial charge on any atom is -0.480 e. The molecule has 1 heterocycles. The van der Waals surface area contributed by atoms with Gasteiger partial charge in [0.1, 0.15) is 6.04 Å². The molecular formula is C14H17N3O3. The molecule has 2 rings (SSSR count). The molecular weight excluding hydrogens is 258 g/mol. The predicted octanol–water partition coefficient (Wildman–Crippen LogP) is 0.627. The van der Waals surface area contributed by atoms with Gasteiger partial charge in [0, 0.05) is 17.1 Å². The number of carboxylic acid groups (broad SMARTS) is 1. The van der Waals surface area contributed by atoms with Gasteiger partial charge < -0.3 is 21.1 Å². The lowest BCUT2D eigenvalue weighted by Crippen LogP contribution is -2.47. The number of nitrogens with one attached hydrogen (secondary N) is 2. The Bertz CT molecular complexity index is 635. The number of nitrogens with two attached hydrogens (primary N) is 1. The molecule has 0 spiro atoms. The summed E-state index contributed by atoms with van der Waals surface area (Å²) in [7, 11) is 0. The zero-order chi connectivity index (χ0) is 14.7. The number of carbonyl (C=O) groups excluding carboxylic acids is 1. The van der Waals surface area contributed by atoms with Gasteiger partial charge in [-0.25, -0.2) is 0 Å². The predicted molar refractivity (Wildman–Crippen MR) is 75.2 cm³/mol. The number of carbonyl (C=O) groups is 2. The van der Waals surface area contributed by atoms with Gasteiger partial charge >= 0.3 is 5.97 Å². The summed E-state index contributed by atoms with van der Waals surface area (Å²) in [6.07, 6.45) is 2.17. The Kier molecular flexibility index (Phi) is 4.05. The molecule has 106 valence electrons. The molecule has 0 saturated carbocycles. The minimum absolute atomic E-state index is 0.349. The van der Waals surface area contributed by atoms with E-state index < -0.39 is 24.0 Å². The highest BCUT2D eigenvalue weighted by Gasteiger charge is 2.20. The van der Waals surface area contributed by atoms with Crippen LogP contribution in [0.5, 0.6) is 0 Å². The van der Waals surface area contributed by atoms with E-state index in [-0.39, 0.29) is 0 Å². The number of benzene rings is 1. The third kappa shape index (κ3) is 2.97. The Balaban J connectivity index is 2.06. The Labute approximate surface area is 116 Å². The Morgan fingerprint density at radius 1 is 1.40 bits per heavy atom. The van der Waals surface area contributed by atoms with E-state index in [0.29, 0.717) is 6.42 Å². The Hall–Kier alpha value is -2.34. The fourth-order valence-corrected chi connectivity index (χ4v) is 2.01. The maximum atomic E-state index is 11.8. The number of aliphatic carboxylic acids is 1. The van der Waals surface area contributed by atoms with Gasteiger partial charge in [0.25, 0.3) is 0 Å². The number of aromatic amines is 1. The van der Waals surface area contributed by atoms with Crippen molar-refractivity contribution in [3.05, 3.63) is 36.0 Å². The van der Waals surface area contributed by atoms with Gasteiger partial charge in [-0.2, -0.15) is 0 Å². The normalized spacial score (nSPS) is 13.9. The monoisotopic (exact) mass is 275 g/mol. The second-order valence-corrected chi connectivity index (χ2v) is 4.74. The molecule has 6 nitrogen and oxygen atoms in total. The summed E-state index contributed by atoms with van der Waals surface area (Å²) in [4.78, 5) is 25.6. The summed E-state index contributed by atoms with van der Waals surface area (Å²) in [5, 5.41) is 12.1. The fourth-order valence-electron chi connectivity index (χ4n) is 2.01. The van der Waals surface area contributed by atoms with Gasteiger partial charge in [0.2, 0.25) is 5.91 Å². The summed E-state index contributed by atoms with van der Waals surface area (Å²) >= 11 is 0. The molecule has 1 unspecified atom stereocenters. The third-order valence-corrected chi connectivity index (χ3v) is 3.18. The standard InChI is InChI=1S/C14H17N3O3/c1-8(14(19)20)17-13(18)11(15)6-9-7-16-12-5-3-2-4-10(9)12/h2-5,7-8,11,16H,6,15H2,1H3,(H,17,18)(H,19,20)/t8-,11?/m0/s1. The molecule has 0 bridgehead atoms. The van der Waals surface area contributed by atoms with E-state index in [9.17, 15) is 9.59 Å². The van der Waals surface area contributed by atoms with Crippen molar-refractivity contribution in [1.29, 1.82) is 0 Å². The van der Waals surface area contributed by atoms with Crippen LogP contribution in [0.3, 0.4) is 0 Å². The van der Waals surface area contributed by atoms with Crippen molar-refractivity contribution in [2.24, 2.45) is 5.73 Å². The lowest BCUT2D eigenvalue weighted by atomic mass is 10.0. The smallest absolute Gasteiger partial charge is 0.325 e. The molecule has 0 aliphatic carbocycles.